The Labute approximate surface area is 153 Å². The summed E-state index contributed by atoms with van der Waals surface area (Å²) in [5.41, 5.74) is 1.25. The van der Waals surface area contributed by atoms with E-state index in [0.717, 1.165) is 5.56 Å². The number of hydrogen-bond donors (Lipinski definition) is 0. The smallest absolute Gasteiger partial charge is 0.344 e. The molecule has 140 valence electrons. The van der Waals surface area contributed by atoms with E-state index in [9.17, 15) is 14.4 Å². The van der Waals surface area contributed by atoms with Crippen LogP contribution in [0.4, 0.5) is 0 Å². The molecule has 0 atom stereocenters. The lowest BCUT2D eigenvalue weighted by Gasteiger charge is -2.20. The molecule has 0 unspecified atom stereocenters. The minimum Gasteiger partial charge on any atom is -0.482 e. The van der Waals surface area contributed by atoms with Crippen LogP contribution in [0.1, 0.15) is 50.0 Å². The van der Waals surface area contributed by atoms with E-state index >= 15 is 0 Å². The molecular formula is C20H24O6. The van der Waals surface area contributed by atoms with Crippen LogP contribution in [-0.4, -0.2) is 36.5 Å². The standard InChI is InChI=1S/C20H24O6/c1-5-24-17(21)11-14-7-6-13-10-15(8-9-16(13)19(14)23)25-12-18(22)26-20(2,3)4/h8-11H,5-7,12H2,1-4H3. The van der Waals surface area contributed by atoms with Crippen molar-refractivity contribution in [3.63, 3.8) is 0 Å². The molecule has 0 aromatic heterocycles. The van der Waals surface area contributed by atoms with Gasteiger partial charge in [-0.25, -0.2) is 9.59 Å². The van der Waals surface area contributed by atoms with E-state index in [1.165, 1.54) is 6.08 Å². The molecule has 1 aliphatic carbocycles. The first-order valence-electron chi connectivity index (χ1n) is 8.59. The van der Waals surface area contributed by atoms with Crippen LogP contribution in [0.2, 0.25) is 0 Å². The highest BCUT2D eigenvalue weighted by Gasteiger charge is 2.23. The normalized spacial score (nSPS) is 15.4. The maximum Gasteiger partial charge on any atom is 0.344 e. The summed E-state index contributed by atoms with van der Waals surface area (Å²) >= 11 is 0. The molecule has 0 spiro atoms. The second-order valence-electron chi connectivity index (χ2n) is 6.94. The number of ether oxygens (including phenoxy) is 3. The first kappa shape index (κ1) is 19.7. The van der Waals surface area contributed by atoms with Gasteiger partial charge in [-0.3, -0.25) is 4.79 Å². The van der Waals surface area contributed by atoms with Crippen LogP contribution in [0, 0.1) is 0 Å². The van der Waals surface area contributed by atoms with Gasteiger partial charge in [0, 0.05) is 17.2 Å². The highest BCUT2D eigenvalue weighted by Crippen LogP contribution is 2.28. The van der Waals surface area contributed by atoms with Crippen molar-refractivity contribution in [2.75, 3.05) is 13.2 Å². The van der Waals surface area contributed by atoms with Crippen LogP contribution < -0.4 is 4.74 Å². The number of allylic oxidation sites excluding steroid dienone is 1. The van der Waals surface area contributed by atoms with Gasteiger partial charge in [0.2, 0.25) is 0 Å². The van der Waals surface area contributed by atoms with Crippen LogP contribution in [0.5, 0.6) is 5.75 Å². The Balaban J connectivity index is 2.05. The van der Waals surface area contributed by atoms with Crippen LogP contribution >= 0.6 is 0 Å². The van der Waals surface area contributed by atoms with Gasteiger partial charge < -0.3 is 14.2 Å². The summed E-state index contributed by atoms with van der Waals surface area (Å²) in [6.45, 7) is 7.15. The van der Waals surface area contributed by atoms with E-state index in [0.29, 0.717) is 29.7 Å². The summed E-state index contributed by atoms with van der Waals surface area (Å²) < 4.78 is 15.5. The van der Waals surface area contributed by atoms with Crippen molar-refractivity contribution in [3.8, 4) is 5.75 Å². The summed E-state index contributed by atoms with van der Waals surface area (Å²) in [7, 11) is 0. The summed E-state index contributed by atoms with van der Waals surface area (Å²) in [5, 5.41) is 0. The van der Waals surface area contributed by atoms with Crippen molar-refractivity contribution >= 4 is 17.7 Å². The fraction of sp³-hybridized carbons (Fsp3) is 0.450. The SMILES string of the molecule is CCOC(=O)C=C1CCc2cc(OCC(=O)OC(C)(C)C)ccc2C1=O. The molecule has 26 heavy (non-hydrogen) atoms. The first-order valence-corrected chi connectivity index (χ1v) is 8.59. The van der Waals surface area contributed by atoms with Crippen LogP contribution in [0.3, 0.4) is 0 Å². The molecule has 2 rings (SSSR count). The van der Waals surface area contributed by atoms with Gasteiger partial charge in [0.1, 0.15) is 11.4 Å². The van der Waals surface area contributed by atoms with Gasteiger partial charge in [0.05, 0.1) is 6.61 Å². The summed E-state index contributed by atoms with van der Waals surface area (Å²) in [6.07, 6.45) is 2.33. The lowest BCUT2D eigenvalue weighted by atomic mass is 9.86. The fourth-order valence-electron chi connectivity index (χ4n) is 2.62. The average molecular weight is 360 g/mol. The summed E-state index contributed by atoms with van der Waals surface area (Å²) in [4.78, 5) is 35.8. The maximum atomic E-state index is 12.5. The minimum atomic E-state index is -0.565. The zero-order valence-electron chi connectivity index (χ0n) is 15.6. The van der Waals surface area contributed by atoms with Gasteiger partial charge in [0.25, 0.3) is 0 Å². The highest BCUT2D eigenvalue weighted by atomic mass is 16.6. The molecule has 6 nitrogen and oxygen atoms in total. The molecule has 1 aliphatic rings. The zero-order chi connectivity index (χ0) is 19.3. The lowest BCUT2D eigenvalue weighted by molar-refractivity contribution is -0.157. The average Bonchev–Trinajstić information content (AvgIpc) is 2.54. The van der Waals surface area contributed by atoms with Gasteiger partial charge in [-0.1, -0.05) is 0 Å². The Kier molecular flexibility index (Phi) is 6.18. The van der Waals surface area contributed by atoms with Gasteiger partial charge in [-0.2, -0.15) is 0 Å². The molecular weight excluding hydrogens is 336 g/mol. The third kappa shape index (κ3) is 5.44. The number of carbonyl (C=O) groups is 3. The predicted molar refractivity (Wildman–Crippen MR) is 95.1 cm³/mol. The molecule has 0 fully saturated rings. The number of esters is 2. The number of carbonyl (C=O) groups excluding carboxylic acids is 3. The van der Waals surface area contributed by atoms with E-state index in [1.807, 2.05) is 0 Å². The molecule has 1 aromatic carbocycles. The molecule has 6 heteroatoms. The van der Waals surface area contributed by atoms with Crippen molar-refractivity contribution in [1.82, 2.24) is 0 Å². The number of aryl methyl sites for hydroxylation is 1. The van der Waals surface area contributed by atoms with E-state index in [-0.39, 0.29) is 19.0 Å². The van der Waals surface area contributed by atoms with Crippen molar-refractivity contribution in [1.29, 1.82) is 0 Å². The Morgan fingerprint density at radius 1 is 1.19 bits per heavy atom. The van der Waals surface area contributed by atoms with E-state index in [4.69, 9.17) is 14.2 Å². The largest absolute Gasteiger partial charge is 0.482 e. The number of Topliss-reactive ketones (excluding diaryl/α,β-unsaturated/α-hetero) is 1. The molecule has 1 aromatic rings. The highest BCUT2D eigenvalue weighted by molar-refractivity contribution is 6.13. The van der Waals surface area contributed by atoms with E-state index in [1.54, 1.807) is 45.9 Å². The second-order valence-corrected chi connectivity index (χ2v) is 6.94. The van der Waals surface area contributed by atoms with Gasteiger partial charge in [0.15, 0.2) is 12.4 Å². The Morgan fingerprint density at radius 2 is 1.92 bits per heavy atom. The maximum absolute atomic E-state index is 12.5. The number of hydrogen-bond acceptors (Lipinski definition) is 6. The quantitative estimate of drug-likeness (QED) is 0.593. The van der Waals surface area contributed by atoms with Crippen LogP contribution in [0.25, 0.3) is 0 Å². The monoisotopic (exact) mass is 360 g/mol. The number of benzene rings is 1. The van der Waals surface area contributed by atoms with Crippen molar-refractivity contribution in [2.45, 2.75) is 46.1 Å². The lowest BCUT2D eigenvalue weighted by Crippen LogP contribution is -2.27. The van der Waals surface area contributed by atoms with E-state index < -0.39 is 17.5 Å². The van der Waals surface area contributed by atoms with Crippen LogP contribution in [0.15, 0.2) is 29.8 Å². The Hall–Kier alpha value is -2.63. The summed E-state index contributed by atoms with van der Waals surface area (Å²) in [5.74, 6) is -0.638. The molecule has 0 N–H and O–H groups in total. The predicted octanol–water partition coefficient (Wildman–Crippen LogP) is 3.03. The third-order valence-electron chi connectivity index (χ3n) is 3.63. The van der Waals surface area contributed by atoms with Gasteiger partial charge >= 0.3 is 11.9 Å². The number of rotatable bonds is 5. The van der Waals surface area contributed by atoms with Crippen molar-refractivity contribution < 1.29 is 28.6 Å². The molecule has 0 radical (unpaired) electrons. The number of ketones is 1. The van der Waals surface area contributed by atoms with E-state index in [2.05, 4.69) is 0 Å². The molecule has 0 bridgehead atoms. The van der Waals surface area contributed by atoms with Gasteiger partial charge in [-0.05, 0) is 64.3 Å². The molecule has 0 heterocycles. The molecule has 0 amide bonds. The van der Waals surface area contributed by atoms with Gasteiger partial charge in [-0.15, -0.1) is 0 Å². The van der Waals surface area contributed by atoms with Crippen molar-refractivity contribution in [3.05, 3.63) is 41.0 Å². The minimum absolute atomic E-state index is 0.182. The number of fused-ring (bicyclic) bond motifs is 1. The molecule has 0 saturated carbocycles. The Bertz CT molecular complexity index is 739. The second kappa shape index (κ2) is 8.17. The molecule has 0 aliphatic heterocycles. The fourth-order valence-corrected chi connectivity index (χ4v) is 2.62. The molecule has 0 saturated heterocycles. The summed E-state index contributed by atoms with van der Waals surface area (Å²) in [6, 6.07) is 5.04. The first-order chi connectivity index (χ1) is 12.2. The Morgan fingerprint density at radius 3 is 2.58 bits per heavy atom. The van der Waals surface area contributed by atoms with Crippen molar-refractivity contribution in [2.24, 2.45) is 0 Å². The third-order valence-corrected chi connectivity index (χ3v) is 3.63. The van der Waals surface area contributed by atoms with Crippen LogP contribution in [-0.2, 0) is 25.5 Å². The zero-order valence-corrected chi connectivity index (χ0v) is 15.6. The topological polar surface area (TPSA) is 78.9 Å².